The van der Waals surface area contributed by atoms with E-state index >= 15 is 0 Å². The molecule has 5 heteroatoms. The van der Waals surface area contributed by atoms with E-state index in [1.165, 1.54) is 5.56 Å². The van der Waals surface area contributed by atoms with Crippen molar-refractivity contribution in [1.29, 1.82) is 0 Å². The van der Waals surface area contributed by atoms with Crippen molar-refractivity contribution in [1.82, 2.24) is 10.2 Å². The highest BCUT2D eigenvalue weighted by Crippen LogP contribution is 2.46. The molecule has 2 amide bonds. The standard InChI is InChI=1S/C24H28N2O3/c1-16-12-22-20(13-23(27)26(22)15-17-6-4-3-5-7-17)21(16)14-25-24(28)18-8-10-19(29-2)11-9-18/h3-11,16,20-22H,12-15H2,1-2H3,(H,25,28)/t16-,20-,21+,22+/m0/s1. The molecule has 0 bridgehead atoms. The van der Waals surface area contributed by atoms with Crippen molar-refractivity contribution >= 4 is 11.8 Å². The molecule has 4 atom stereocenters. The van der Waals surface area contributed by atoms with Crippen LogP contribution in [0.25, 0.3) is 0 Å². The van der Waals surface area contributed by atoms with E-state index in [1.807, 2.05) is 18.2 Å². The highest BCUT2D eigenvalue weighted by Gasteiger charge is 2.50. The summed E-state index contributed by atoms with van der Waals surface area (Å²) in [5.41, 5.74) is 1.80. The van der Waals surface area contributed by atoms with Gasteiger partial charge >= 0.3 is 0 Å². The fraction of sp³-hybridized carbons (Fsp3) is 0.417. The van der Waals surface area contributed by atoms with E-state index < -0.39 is 0 Å². The molecule has 1 saturated heterocycles. The first kappa shape index (κ1) is 19.5. The summed E-state index contributed by atoms with van der Waals surface area (Å²) in [7, 11) is 1.61. The van der Waals surface area contributed by atoms with Crippen LogP contribution in [0.5, 0.6) is 5.75 Å². The van der Waals surface area contributed by atoms with E-state index in [4.69, 9.17) is 4.74 Å². The molecule has 0 unspecified atom stereocenters. The number of ether oxygens (including phenoxy) is 1. The van der Waals surface area contributed by atoms with Gasteiger partial charge in [0.05, 0.1) is 7.11 Å². The summed E-state index contributed by atoms with van der Waals surface area (Å²) in [6.07, 6.45) is 1.59. The molecule has 5 nitrogen and oxygen atoms in total. The summed E-state index contributed by atoms with van der Waals surface area (Å²) in [6, 6.07) is 17.6. The quantitative estimate of drug-likeness (QED) is 0.819. The summed E-state index contributed by atoms with van der Waals surface area (Å²) in [6.45, 7) is 3.53. The average molecular weight is 392 g/mol. The number of hydrogen-bond donors (Lipinski definition) is 1. The molecule has 0 radical (unpaired) electrons. The van der Waals surface area contributed by atoms with Crippen LogP contribution in [0.3, 0.4) is 0 Å². The van der Waals surface area contributed by atoms with Gasteiger partial charge in [0.15, 0.2) is 0 Å². The second-order valence-corrected chi connectivity index (χ2v) is 8.26. The highest BCUT2D eigenvalue weighted by atomic mass is 16.5. The summed E-state index contributed by atoms with van der Waals surface area (Å²) in [5.74, 6) is 2.02. The van der Waals surface area contributed by atoms with Crippen LogP contribution in [0.15, 0.2) is 54.6 Å². The Labute approximate surface area is 172 Å². The van der Waals surface area contributed by atoms with Crippen molar-refractivity contribution in [2.24, 2.45) is 17.8 Å². The number of rotatable bonds is 6. The van der Waals surface area contributed by atoms with Crippen molar-refractivity contribution in [3.63, 3.8) is 0 Å². The molecular formula is C24H28N2O3. The van der Waals surface area contributed by atoms with Crippen LogP contribution in [0, 0.1) is 17.8 Å². The molecule has 1 aliphatic carbocycles. The van der Waals surface area contributed by atoms with Gasteiger partial charge in [-0.2, -0.15) is 0 Å². The number of likely N-dealkylation sites (tertiary alicyclic amines) is 1. The normalized spacial score (nSPS) is 25.7. The predicted octanol–water partition coefficient (Wildman–Crippen LogP) is 3.50. The van der Waals surface area contributed by atoms with E-state index in [9.17, 15) is 9.59 Å². The van der Waals surface area contributed by atoms with Gasteiger partial charge in [-0.15, -0.1) is 0 Å². The summed E-state index contributed by atoms with van der Waals surface area (Å²) >= 11 is 0. The third-order valence-electron chi connectivity index (χ3n) is 6.57. The number of carbonyl (C=O) groups excluding carboxylic acids is 2. The molecule has 2 aliphatic rings. The second-order valence-electron chi connectivity index (χ2n) is 8.26. The molecule has 2 aromatic rings. The average Bonchev–Trinajstić information content (AvgIpc) is 3.21. The first-order chi connectivity index (χ1) is 14.1. The number of nitrogens with one attached hydrogen (secondary N) is 1. The Hall–Kier alpha value is -2.82. The number of fused-ring (bicyclic) bond motifs is 1. The van der Waals surface area contributed by atoms with Gasteiger partial charge in [-0.25, -0.2) is 0 Å². The lowest BCUT2D eigenvalue weighted by Crippen LogP contribution is -2.34. The lowest BCUT2D eigenvalue weighted by atomic mass is 9.88. The van der Waals surface area contributed by atoms with Gasteiger partial charge in [0.25, 0.3) is 5.91 Å². The Morgan fingerprint density at radius 1 is 1.14 bits per heavy atom. The molecule has 152 valence electrons. The molecule has 0 aromatic heterocycles. The van der Waals surface area contributed by atoms with Gasteiger partial charge in [-0.05, 0) is 54.0 Å². The van der Waals surface area contributed by atoms with Gasteiger partial charge in [0.1, 0.15) is 5.75 Å². The molecule has 29 heavy (non-hydrogen) atoms. The van der Waals surface area contributed by atoms with Crippen LogP contribution in [-0.4, -0.2) is 36.4 Å². The van der Waals surface area contributed by atoms with Gasteiger partial charge in [-0.3, -0.25) is 9.59 Å². The van der Waals surface area contributed by atoms with E-state index in [0.29, 0.717) is 42.8 Å². The molecule has 4 rings (SSSR count). The van der Waals surface area contributed by atoms with Crippen LogP contribution in [0.1, 0.15) is 35.7 Å². The number of hydrogen-bond acceptors (Lipinski definition) is 3. The molecule has 1 heterocycles. The van der Waals surface area contributed by atoms with Gasteiger partial charge in [-0.1, -0.05) is 37.3 Å². The maximum atomic E-state index is 12.7. The van der Waals surface area contributed by atoms with Crippen molar-refractivity contribution < 1.29 is 14.3 Å². The molecule has 0 spiro atoms. The van der Waals surface area contributed by atoms with Crippen LogP contribution in [0.4, 0.5) is 0 Å². The van der Waals surface area contributed by atoms with E-state index in [2.05, 4.69) is 29.3 Å². The lowest BCUT2D eigenvalue weighted by molar-refractivity contribution is -0.129. The van der Waals surface area contributed by atoms with Gasteiger partial charge in [0.2, 0.25) is 5.91 Å². The Bertz CT molecular complexity index is 865. The molecular weight excluding hydrogens is 364 g/mol. The van der Waals surface area contributed by atoms with Crippen LogP contribution in [-0.2, 0) is 11.3 Å². The van der Waals surface area contributed by atoms with Crippen molar-refractivity contribution in [2.45, 2.75) is 32.4 Å². The largest absolute Gasteiger partial charge is 0.497 e. The summed E-state index contributed by atoms with van der Waals surface area (Å²) in [4.78, 5) is 27.3. The monoisotopic (exact) mass is 392 g/mol. The van der Waals surface area contributed by atoms with Crippen LogP contribution >= 0.6 is 0 Å². The third kappa shape index (κ3) is 4.00. The minimum atomic E-state index is -0.0752. The Balaban J connectivity index is 1.39. The molecule has 1 N–H and O–H groups in total. The van der Waals surface area contributed by atoms with Gasteiger partial charge in [0, 0.05) is 31.1 Å². The van der Waals surface area contributed by atoms with E-state index in [-0.39, 0.29) is 17.9 Å². The van der Waals surface area contributed by atoms with E-state index in [1.54, 1.807) is 31.4 Å². The Morgan fingerprint density at radius 3 is 2.55 bits per heavy atom. The summed E-state index contributed by atoms with van der Waals surface area (Å²) < 4.78 is 5.15. The van der Waals surface area contributed by atoms with Crippen LogP contribution in [0.2, 0.25) is 0 Å². The second kappa shape index (κ2) is 8.27. The molecule has 2 aromatic carbocycles. The van der Waals surface area contributed by atoms with E-state index in [0.717, 1.165) is 12.2 Å². The van der Waals surface area contributed by atoms with Crippen molar-refractivity contribution in [2.75, 3.05) is 13.7 Å². The van der Waals surface area contributed by atoms with Gasteiger partial charge < -0.3 is 15.0 Å². The lowest BCUT2D eigenvalue weighted by Gasteiger charge is -2.24. The van der Waals surface area contributed by atoms with Crippen LogP contribution < -0.4 is 10.1 Å². The van der Waals surface area contributed by atoms with Crippen molar-refractivity contribution in [3.05, 3.63) is 65.7 Å². The molecule has 1 aliphatic heterocycles. The summed E-state index contributed by atoms with van der Waals surface area (Å²) in [5, 5.41) is 3.09. The highest BCUT2D eigenvalue weighted by molar-refractivity contribution is 5.94. The Kier molecular flexibility index (Phi) is 5.56. The number of methoxy groups -OCH3 is 1. The minimum Gasteiger partial charge on any atom is -0.497 e. The minimum absolute atomic E-state index is 0.0752. The first-order valence-corrected chi connectivity index (χ1v) is 10.3. The third-order valence-corrected chi connectivity index (χ3v) is 6.57. The zero-order valence-electron chi connectivity index (χ0n) is 17.0. The maximum absolute atomic E-state index is 12.7. The molecule has 2 fully saturated rings. The van der Waals surface area contributed by atoms with Crippen molar-refractivity contribution in [3.8, 4) is 5.75 Å². The number of benzene rings is 2. The zero-order chi connectivity index (χ0) is 20.4. The fourth-order valence-electron chi connectivity index (χ4n) is 4.98. The topological polar surface area (TPSA) is 58.6 Å². The predicted molar refractivity (Wildman–Crippen MR) is 111 cm³/mol. The number of amides is 2. The smallest absolute Gasteiger partial charge is 0.251 e. The maximum Gasteiger partial charge on any atom is 0.251 e. The molecule has 1 saturated carbocycles. The first-order valence-electron chi connectivity index (χ1n) is 10.3. The fourth-order valence-corrected chi connectivity index (χ4v) is 4.98. The SMILES string of the molecule is COc1ccc(C(=O)NC[C@H]2[C@@H]3CC(=O)N(Cc4ccccc4)[C@@H]3C[C@@H]2C)cc1. The number of nitrogens with zero attached hydrogens (tertiary/aromatic N) is 1. The zero-order valence-corrected chi connectivity index (χ0v) is 17.0. The number of carbonyl (C=O) groups is 2. The Morgan fingerprint density at radius 2 is 1.86 bits per heavy atom.